The van der Waals surface area contributed by atoms with Crippen molar-refractivity contribution in [3.05, 3.63) is 29.8 Å². The largest absolute Gasteiger partial charge is 0.378 e. The lowest BCUT2D eigenvalue weighted by atomic mass is 10.0. The molecule has 1 saturated carbocycles. The average molecular weight is 329 g/mol. The molecule has 0 radical (unpaired) electrons. The van der Waals surface area contributed by atoms with Crippen molar-refractivity contribution in [2.75, 3.05) is 38.6 Å². The van der Waals surface area contributed by atoms with Crippen LogP contribution in [0, 0.1) is 5.92 Å². The minimum absolute atomic E-state index is 0.250. The van der Waals surface area contributed by atoms with Gasteiger partial charge in [0, 0.05) is 32.2 Å². The summed E-state index contributed by atoms with van der Waals surface area (Å²) >= 11 is 0. The Hall–Kier alpha value is -1.55. The van der Waals surface area contributed by atoms with Crippen LogP contribution in [0.1, 0.15) is 50.1 Å². The standard InChI is InChI=1S/C20H31N3O/c1-22(2)18-11-9-16(10-12-18)19(23-13-5-6-14-23)15-21-20(24)17-7-3-4-8-17/h9-12,17,19H,3-8,13-15H2,1-2H3,(H,21,24). The quantitative estimate of drug-likeness (QED) is 0.870. The minimum atomic E-state index is 0.250. The fourth-order valence-electron chi connectivity index (χ4n) is 4.04. The molecular formula is C20H31N3O. The Balaban J connectivity index is 1.67. The van der Waals surface area contributed by atoms with Gasteiger partial charge in [-0.25, -0.2) is 0 Å². The fraction of sp³-hybridized carbons (Fsp3) is 0.650. The third-order valence-electron chi connectivity index (χ3n) is 5.57. The maximum absolute atomic E-state index is 12.4. The summed E-state index contributed by atoms with van der Waals surface area (Å²) in [4.78, 5) is 17.1. The molecule has 1 saturated heterocycles. The molecule has 0 aromatic heterocycles. The second kappa shape index (κ2) is 8.02. The summed E-state index contributed by atoms with van der Waals surface area (Å²) < 4.78 is 0. The van der Waals surface area contributed by atoms with Crippen LogP contribution in [0.25, 0.3) is 0 Å². The number of anilines is 1. The van der Waals surface area contributed by atoms with Crippen LogP contribution >= 0.6 is 0 Å². The van der Waals surface area contributed by atoms with Gasteiger partial charge in [0.15, 0.2) is 0 Å². The zero-order valence-electron chi connectivity index (χ0n) is 15.1. The second-order valence-electron chi connectivity index (χ2n) is 7.47. The van der Waals surface area contributed by atoms with Crippen molar-refractivity contribution in [3.8, 4) is 0 Å². The lowest BCUT2D eigenvalue weighted by Gasteiger charge is -2.29. The Morgan fingerprint density at radius 1 is 1.12 bits per heavy atom. The van der Waals surface area contributed by atoms with Crippen molar-refractivity contribution in [2.24, 2.45) is 5.92 Å². The fourth-order valence-corrected chi connectivity index (χ4v) is 4.04. The number of hydrogen-bond acceptors (Lipinski definition) is 3. The van der Waals surface area contributed by atoms with Gasteiger partial charge in [-0.3, -0.25) is 9.69 Å². The zero-order chi connectivity index (χ0) is 16.9. The summed E-state index contributed by atoms with van der Waals surface area (Å²) in [5.74, 6) is 0.516. The van der Waals surface area contributed by atoms with Gasteiger partial charge >= 0.3 is 0 Å². The van der Waals surface area contributed by atoms with Crippen molar-refractivity contribution in [2.45, 2.75) is 44.6 Å². The Labute approximate surface area is 146 Å². The molecule has 4 nitrogen and oxygen atoms in total. The molecule has 1 atom stereocenters. The number of hydrogen-bond donors (Lipinski definition) is 1. The van der Waals surface area contributed by atoms with Gasteiger partial charge in [0.05, 0.1) is 6.04 Å². The molecule has 3 rings (SSSR count). The molecule has 1 heterocycles. The van der Waals surface area contributed by atoms with Crippen LogP contribution in [0.3, 0.4) is 0 Å². The maximum Gasteiger partial charge on any atom is 0.223 e. The molecule has 1 amide bonds. The summed E-state index contributed by atoms with van der Waals surface area (Å²) in [7, 11) is 4.13. The van der Waals surface area contributed by atoms with Crippen LogP contribution in [-0.4, -0.2) is 44.5 Å². The van der Waals surface area contributed by atoms with Gasteiger partial charge in [-0.05, 0) is 56.5 Å². The monoisotopic (exact) mass is 329 g/mol. The Bertz CT molecular complexity index is 528. The van der Waals surface area contributed by atoms with E-state index in [1.165, 1.54) is 36.9 Å². The lowest BCUT2D eigenvalue weighted by Crippen LogP contribution is -2.38. The topological polar surface area (TPSA) is 35.6 Å². The van der Waals surface area contributed by atoms with Gasteiger partial charge in [0.2, 0.25) is 5.91 Å². The third-order valence-corrected chi connectivity index (χ3v) is 5.57. The van der Waals surface area contributed by atoms with Crippen molar-refractivity contribution in [1.82, 2.24) is 10.2 Å². The predicted octanol–water partition coefficient (Wildman–Crippen LogP) is 3.20. The van der Waals surface area contributed by atoms with Crippen molar-refractivity contribution < 1.29 is 4.79 Å². The van der Waals surface area contributed by atoms with Gasteiger partial charge in [-0.15, -0.1) is 0 Å². The minimum Gasteiger partial charge on any atom is -0.378 e. The van der Waals surface area contributed by atoms with Crippen LogP contribution in [-0.2, 0) is 4.79 Å². The van der Waals surface area contributed by atoms with E-state index in [1.54, 1.807) is 0 Å². The molecule has 1 aromatic rings. The molecule has 24 heavy (non-hydrogen) atoms. The van der Waals surface area contributed by atoms with Crippen LogP contribution < -0.4 is 10.2 Å². The van der Waals surface area contributed by atoms with Crippen molar-refractivity contribution in [3.63, 3.8) is 0 Å². The molecule has 1 N–H and O–H groups in total. The normalized spacial score (nSPS) is 20.2. The number of amides is 1. The van der Waals surface area contributed by atoms with Gasteiger partial charge < -0.3 is 10.2 Å². The van der Waals surface area contributed by atoms with Gasteiger partial charge in [-0.2, -0.15) is 0 Å². The van der Waals surface area contributed by atoms with Crippen molar-refractivity contribution in [1.29, 1.82) is 0 Å². The van der Waals surface area contributed by atoms with E-state index in [2.05, 4.69) is 53.5 Å². The molecule has 0 spiro atoms. The molecule has 1 aromatic carbocycles. The summed E-state index contributed by atoms with van der Waals surface area (Å²) in [6, 6.07) is 9.10. The van der Waals surface area contributed by atoms with Crippen molar-refractivity contribution >= 4 is 11.6 Å². The van der Waals surface area contributed by atoms with Crippen LogP contribution in [0.5, 0.6) is 0 Å². The maximum atomic E-state index is 12.4. The van der Waals surface area contributed by atoms with Crippen LogP contribution in [0.15, 0.2) is 24.3 Å². The molecule has 2 fully saturated rings. The summed E-state index contributed by atoms with van der Waals surface area (Å²) in [5.41, 5.74) is 2.53. The van der Waals surface area contributed by atoms with E-state index in [9.17, 15) is 4.79 Å². The number of carbonyl (C=O) groups is 1. The number of nitrogens with zero attached hydrogens (tertiary/aromatic N) is 2. The first kappa shape index (κ1) is 17.3. The molecule has 1 aliphatic heterocycles. The highest BCUT2D eigenvalue weighted by atomic mass is 16.1. The van der Waals surface area contributed by atoms with E-state index in [4.69, 9.17) is 0 Å². The highest BCUT2D eigenvalue weighted by Gasteiger charge is 2.27. The van der Waals surface area contributed by atoms with Gasteiger partial charge in [-0.1, -0.05) is 25.0 Å². The van der Waals surface area contributed by atoms with Gasteiger partial charge in [0.1, 0.15) is 0 Å². The summed E-state index contributed by atoms with van der Waals surface area (Å²) in [6.45, 7) is 3.01. The van der Waals surface area contributed by atoms with E-state index in [0.717, 1.165) is 32.5 Å². The molecule has 132 valence electrons. The number of rotatable bonds is 6. The van der Waals surface area contributed by atoms with Crippen LogP contribution in [0.4, 0.5) is 5.69 Å². The molecular weight excluding hydrogens is 298 g/mol. The highest BCUT2D eigenvalue weighted by molar-refractivity contribution is 5.78. The zero-order valence-corrected chi connectivity index (χ0v) is 15.1. The number of nitrogens with one attached hydrogen (secondary N) is 1. The number of benzene rings is 1. The Kier molecular flexibility index (Phi) is 5.77. The number of likely N-dealkylation sites (tertiary alicyclic amines) is 1. The Morgan fingerprint density at radius 3 is 2.33 bits per heavy atom. The smallest absolute Gasteiger partial charge is 0.223 e. The molecule has 1 unspecified atom stereocenters. The predicted molar refractivity (Wildman–Crippen MR) is 99.3 cm³/mol. The second-order valence-corrected chi connectivity index (χ2v) is 7.47. The third kappa shape index (κ3) is 4.10. The van der Waals surface area contributed by atoms with E-state index in [-0.39, 0.29) is 11.8 Å². The first-order valence-corrected chi connectivity index (χ1v) is 9.44. The molecule has 0 bridgehead atoms. The summed E-state index contributed by atoms with van der Waals surface area (Å²) in [6.07, 6.45) is 7.08. The van der Waals surface area contributed by atoms with Crippen LogP contribution in [0.2, 0.25) is 0 Å². The summed E-state index contributed by atoms with van der Waals surface area (Å²) in [5, 5.41) is 3.25. The average Bonchev–Trinajstić information content (AvgIpc) is 3.29. The lowest BCUT2D eigenvalue weighted by molar-refractivity contribution is -0.125. The first-order chi connectivity index (χ1) is 11.6. The van der Waals surface area contributed by atoms with E-state index < -0.39 is 0 Å². The first-order valence-electron chi connectivity index (χ1n) is 9.44. The van der Waals surface area contributed by atoms with E-state index in [1.807, 2.05) is 0 Å². The van der Waals surface area contributed by atoms with E-state index in [0.29, 0.717) is 6.04 Å². The Morgan fingerprint density at radius 2 is 1.75 bits per heavy atom. The SMILES string of the molecule is CN(C)c1ccc(C(CNC(=O)C2CCCC2)N2CCCC2)cc1. The van der Waals surface area contributed by atoms with Gasteiger partial charge in [0.25, 0.3) is 0 Å². The number of carbonyl (C=O) groups excluding carboxylic acids is 1. The molecule has 2 aliphatic rings. The molecule has 4 heteroatoms. The molecule has 1 aliphatic carbocycles. The van der Waals surface area contributed by atoms with E-state index >= 15 is 0 Å². The highest BCUT2D eigenvalue weighted by Crippen LogP contribution is 2.28.